The Hall–Kier alpha value is -0.820. The zero-order valence-electron chi connectivity index (χ0n) is 7.09. The van der Waals surface area contributed by atoms with Crippen molar-refractivity contribution in [2.45, 2.75) is 19.3 Å². The molecule has 0 atom stereocenters. The fourth-order valence-corrected chi connectivity index (χ4v) is 0.956. The summed E-state index contributed by atoms with van der Waals surface area (Å²) in [7, 11) is 0. The molecule has 0 aliphatic carbocycles. The molecule has 0 fully saturated rings. The fourth-order valence-electron chi connectivity index (χ4n) is 0.956. The first-order chi connectivity index (χ1) is 5.17. The highest BCUT2D eigenvalue weighted by molar-refractivity contribution is 5.23. The minimum Gasteiger partial charge on any atom is -0.330 e. The van der Waals surface area contributed by atoms with Crippen LogP contribution in [0.15, 0.2) is 24.3 Å². The van der Waals surface area contributed by atoms with Gasteiger partial charge in [0.05, 0.1) is 0 Å². The molecule has 0 bridgehead atoms. The van der Waals surface area contributed by atoms with Crippen molar-refractivity contribution in [1.82, 2.24) is 0 Å². The van der Waals surface area contributed by atoms with Gasteiger partial charge in [-0.1, -0.05) is 38.1 Å². The van der Waals surface area contributed by atoms with Gasteiger partial charge in [-0.2, -0.15) is 0 Å². The van der Waals surface area contributed by atoms with Crippen molar-refractivity contribution in [2.24, 2.45) is 5.73 Å². The van der Waals surface area contributed by atoms with Crippen molar-refractivity contribution in [2.75, 3.05) is 6.54 Å². The summed E-state index contributed by atoms with van der Waals surface area (Å²) in [5, 5.41) is 0. The largest absolute Gasteiger partial charge is 0.330 e. The highest BCUT2D eigenvalue weighted by Gasteiger charge is 2.16. The smallest absolute Gasteiger partial charge is 0.00190 e. The third kappa shape index (κ3) is 1.81. The van der Waals surface area contributed by atoms with Gasteiger partial charge < -0.3 is 5.73 Å². The van der Waals surface area contributed by atoms with Crippen molar-refractivity contribution in [1.29, 1.82) is 0 Å². The summed E-state index contributed by atoms with van der Waals surface area (Å²) in [4.78, 5) is 0. The standard InChI is InChI=1S/C10H14N/c1-10(2,8-11)9-6-4-3-5-7-9/h4-7H,8,11H2,1-2H3. The predicted molar refractivity (Wildman–Crippen MR) is 47.4 cm³/mol. The average molecular weight is 148 g/mol. The van der Waals surface area contributed by atoms with E-state index in [9.17, 15) is 0 Å². The molecule has 1 aromatic rings. The Bertz CT molecular complexity index is 214. The normalized spacial score (nSPS) is 11.5. The highest BCUT2D eigenvalue weighted by Crippen LogP contribution is 2.20. The molecule has 1 aromatic carbocycles. The molecule has 0 spiro atoms. The quantitative estimate of drug-likeness (QED) is 0.679. The topological polar surface area (TPSA) is 26.0 Å². The predicted octanol–water partition coefficient (Wildman–Crippen LogP) is 1.72. The second-order valence-corrected chi connectivity index (χ2v) is 3.38. The second-order valence-electron chi connectivity index (χ2n) is 3.38. The van der Waals surface area contributed by atoms with E-state index in [1.54, 1.807) is 0 Å². The molecule has 11 heavy (non-hydrogen) atoms. The summed E-state index contributed by atoms with van der Waals surface area (Å²) in [5.74, 6) is 0. The number of benzene rings is 1. The van der Waals surface area contributed by atoms with Gasteiger partial charge in [0, 0.05) is 12.0 Å². The molecule has 0 aliphatic rings. The number of rotatable bonds is 2. The molecule has 0 amide bonds. The molecule has 1 rings (SSSR count). The molecule has 0 aromatic heterocycles. The van der Waals surface area contributed by atoms with E-state index in [0.29, 0.717) is 6.54 Å². The van der Waals surface area contributed by atoms with E-state index >= 15 is 0 Å². The zero-order chi connectivity index (χ0) is 8.32. The maximum absolute atomic E-state index is 5.63. The monoisotopic (exact) mass is 148 g/mol. The van der Waals surface area contributed by atoms with Crippen LogP contribution >= 0.6 is 0 Å². The molecule has 2 N–H and O–H groups in total. The number of nitrogens with two attached hydrogens (primary N) is 1. The Labute approximate surface area is 68.2 Å². The maximum atomic E-state index is 5.63. The molecule has 59 valence electrons. The summed E-state index contributed by atoms with van der Waals surface area (Å²) in [6, 6.07) is 11.0. The van der Waals surface area contributed by atoms with Gasteiger partial charge in [0.25, 0.3) is 0 Å². The Morgan fingerprint density at radius 1 is 1.36 bits per heavy atom. The van der Waals surface area contributed by atoms with Gasteiger partial charge >= 0.3 is 0 Å². The van der Waals surface area contributed by atoms with E-state index in [1.807, 2.05) is 12.1 Å². The number of hydrogen-bond donors (Lipinski definition) is 1. The van der Waals surface area contributed by atoms with Crippen molar-refractivity contribution >= 4 is 0 Å². The lowest BCUT2D eigenvalue weighted by molar-refractivity contribution is 0.539. The molecular weight excluding hydrogens is 134 g/mol. The van der Waals surface area contributed by atoms with Crippen LogP contribution in [0.3, 0.4) is 0 Å². The van der Waals surface area contributed by atoms with Crippen molar-refractivity contribution in [3.8, 4) is 0 Å². The summed E-state index contributed by atoms with van der Waals surface area (Å²) in [6.45, 7) is 4.96. The Morgan fingerprint density at radius 2 is 1.91 bits per heavy atom. The third-order valence-corrected chi connectivity index (χ3v) is 2.01. The van der Waals surface area contributed by atoms with Crippen LogP contribution in [0.2, 0.25) is 0 Å². The lowest BCUT2D eigenvalue weighted by atomic mass is 9.85. The van der Waals surface area contributed by atoms with Gasteiger partial charge in [0.1, 0.15) is 0 Å². The van der Waals surface area contributed by atoms with Crippen LogP contribution in [0, 0.1) is 6.07 Å². The summed E-state index contributed by atoms with van der Waals surface area (Å²) in [5.41, 5.74) is 7.00. The molecule has 0 saturated heterocycles. The first-order valence-electron chi connectivity index (χ1n) is 3.83. The SMILES string of the molecule is CC(C)(CN)c1cc[c]cc1. The van der Waals surface area contributed by atoms with Gasteiger partial charge in [-0.3, -0.25) is 0 Å². The van der Waals surface area contributed by atoms with Gasteiger partial charge in [-0.15, -0.1) is 0 Å². The average Bonchev–Trinajstić information content (AvgIpc) is 2.06. The molecule has 0 saturated carbocycles. The molecule has 1 nitrogen and oxygen atoms in total. The minimum absolute atomic E-state index is 0.0924. The number of hydrogen-bond acceptors (Lipinski definition) is 1. The summed E-state index contributed by atoms with van der Waals surface area (Å²) >= 11 is 0. The molecular formula is C10H14N. The molecule has 0 unspecified atom stereocenters. The first-order valence-corrected chi connectivity index (χ1v) is 3.83. The molecule has 1 heteroatoms. The zero-order valence-corrected chi connectivity index (χ0v) is 7.09. The van der Waals surface area contributed by atoms with E-state index in [-0.39, 0.29) is 5.41 Å². The Balaban J connectivity index is 2.93. The maximum Gasteiger partial charge on any atom is 0.00190 e. The fraction of sp³-hybridized carbons (Fsp3) is 0.400. The van der Waals surface area contributed by atoms with Gasteiger partial charge in [0.2, 0.25) is 0 Å². The van der Waals surface area contributed by atoms with E-state index < -0.39 is 0 Å². The second kappa shape index (κ2) is 3.05. The van der Waals surface area contributed by atoms with E-state index in [1.165, 1.54) is 5.56 Å². The lowest BCUT2D eigenvalue weighted by Crippen LogP contribution is -2.27. The van der Waals surface area contributed by atoms with Crippen LogP contribution in [-0.2, 0) is 5.41 Å². The summed E-state index contributed by atoms with van der Waals surface area (Å²) in [6.07, 6.45) is 0. The van der Waals surface area contributed by atoms with Crippen LogP contribution in [0.5, 0.6) is 0 Å². The minimum atomic E-state index is 0.0924. The van der Waals surface area contributed by atoms with Crippen molar-refractivity contribution in [3.05, 3.63) is 35.9 Å². The van der Waals surface area contributed by atoms with Crippen LogP contribution in [0.4, 0.5) is 0 Å². The van der Waals surface area contributed by atoms with Gasteiger partial charge in [0.15, 0.2) is 0 Å². The van der Waals surface area contributed by atoms with Crippen LogP contribution in [0.25, 0.3) is 0 Å². The molecule has 1 radical (unpaired) electrons. The Morgan fingerprint density at radius 3 is 2.36 bits per heavy atom. The first kappa shape index (κ1) is 8.28. The third-order valence-electron chi connectivity index (χ3n) is 2.01. The highest BCUT2D eigenvalue weighted by atomic mass is 14.6. The van der Waals surface area contributed by atoms with Crippen LogP contribution in [0.1, 0.15) is 19.4 Å². The van der Waals surface area contributed by atoms with E-state index in [2.05, 4.69) is 32.0 Å². The lowest BCUT2D eigenvalue weighted by Gasteiger charge is -2.22. The van der Waals surface area contributed by atoms with Gasteiger partial charge in [-0.05, 0) is 11.6 Å². The van der Waals surface area contributed by atoms with Gasteiger partial charge in [-0.25, -0.2) is 0 Å². The summed E-state index contributed by atoms with van der Waals surface area (Å²) < 4.78 is 0. The van der Waals surface area contributed by atoms with Crippen LogP contribution < -0.4 is 5.73 Å². The van der Waals surface area contributed by atoms with Crippen molar-refractivity contribution < 1.29 is 0 Å². The Kier molecular flexibility index (Phi) is 2.30. The molecule has 0 aliphatic heterocycles. The van der Waals surface area contributed by atoms with E-state index in [0.717, 1.165) is 0 Å². The van der Waals surface area contributed by atoms with Crippen molar-refractivity contribution in [3.63, 3.8) is 0 Å². The molecule has 0 heterocycles. The van der Waals surface area contributed by atoms with E-state index in [4.69, 9.17) is 5.73 Å². The van der Waals surface area contributed by atoms with Crippen LogP contribution in [-0.4, -0.2) is 6.54 Å².